The average molecular weight is 462 g/mol. The second-order valence-electron chi connectivity index (χ2n) is 8.04. The smallest absolute Gasteiger partial charge is 0.255 e. The van der Waals surface area contributed by atoms with Gasteiger partial charge >= 0.3 is 0 Å². The Bertz CT molecular complexity index is 1310. The number of nitrogens with one attached hydrogen (secondary N) is 2. The summed E-state index contributed by atoms with van der Waals surface area (Å²) in [6, 6.07) is 7.08. The molecule has 0 radical (unpaired) electrons. The van der Waals surface area contributed by atoms with Crippen LogP contribution in [0.5, 0.6) is 0 Å². The highest BCUT2D eigenvalue weighted by molar-refractivity contribution is 5.94. The summed E-state index contributed by atoms with van der Waals surface area (Å²) in [7, 11) is 0. The fourth-order valence-corrected chi connectivity index (χ4v) is 3.74. The largest absolute Gasteiger partial charge is 0.337 e. The molecule has 4 aromatic heterocycles. The topological polar surface area (TPSA) is 121 Å². The van der Waals surface area contributed by atoms with E-state index in [9.17, 15) is 9.18 Å². The molecule has 0 spiro atoms. The zero-order valence-electron chi connectivity index (χ0n) is 18.7. The maximum absolute atomic E-state index is 13.2. The number of aromatic amines is 1. The van der Waals surface area contributed by atoms with Crippen molar-refractivity contribution in [3.8, 4) is 5.82 Å². The van der Waals surface area contributed by atoms with E-state index >= 15 is 0 Å². The third kappa shape index (κ3) is 4.56. The minimum atomic E-state index is -0.448. The number of piperazine rings is 1. The number of rotatable bonds is 5. The van der Waals surface area contributed by atoms with Crippen LogP contribution in [0.3, 0.4) is 0 Å². The third-order valence-electron chi connectivity index (χ3n) is 5.43. The number of carbonyl (C=O) groups excluding carboxylic acids is 1. The average Bonchev–Trinajstić information content (AvgIpc) is 3.46. The molecule has 4 aromatic rings. The first-order chi connectivity index (χ1) is 16.4. The molecular weight excluding hydrogens is 439 g/mol. The van der Waals surface area contributed by atoms with E-state index in [1.807, 2.05) is 26.0 Å². The molecule has 0 aliphatic carbocycles. The molecule has 0 atom stereocenters. The molecule has 5 heterocycles. The minimum absolute atomic E-state index is 0.105. The molecule has 5 rings (SSSR count). The summed E-state index contributed by atoms with van der Waals surface area (Å²) in [5.74, 6) is 1.85. The fraction of sp³-hybridized carbons (Fsp3) is 0.273. The van der Waals surface area contributed by atoms with Gasteiger partial charge in [-0.15, -0.1) is 0 Å². The zero-order chi connectivity index (χ0) is 23.7. The predicted molar refractivity (Wildman–Crippen MR) is 123 cm³/mol. The fourth-order valence-electron chi connectivity index (χ4n) is 3.74. The van der Waals surface area contributed by atoms with Crippen LogP contribution in [0.1, 0.15) is 21.7 Å². The molecule has 0 bridgehead atoms. The van der Waals surface area contributed by atoms with Crippen LogP contribution in [0.15, 0.2) is 42.9 Å². The summed E-state index contributed by atoms with van der Waals surface area (Å²) in [5, 5.41) is 14.2. The normalized spacial score (nSPS) is 13.9. The van der Waals surface area contributed by atoms with E-state index in [1.165, 1.54) is 17.1 Å². The Morgan fingerprint density at radius 3 is 2.53 bits per heavy atom. The second kappa shape index (κ2) is 8.89. The van der Waals surface area contributed by atoms with Gasteiger partial charge in [-0.25, -0.2) is 19.0 Å². The Labute approximate surface area is 194 Å². The summed E-state index contributed by atoms with van der Waals surface area (Å²) >= 11 is 0. The van der Waals surface area contributed by atoms with Crippen LogP contribution in [0.25, 0.3) is 5.82 Å². The van der Waals surface area contributed by atoms with Gasteiger partial charge in [0.25, 0.3) is 5.91 Å². The van der Waals surface area contributed by atoms with Gasteiger partial charge in [0.15, 0.2) is 17.5 Å². The summed E-state index contributed by atoms with van der Waals surface area (Å²) in [6.45, 7) is 6.12. The molecule has 1 saturated heterocycles. The van der Waals surface area contributed by atoms with Crippen molar-refractivity contribution in [3.05, 3.63) is 65.6 Å². The summed E-state index contributed by atoms with van der Waals surface area (Å²) in [6.07, 6.45) is 3.82. The predicted octanol–water partition coefficient (Wildman–Crippen LogP) is 2.24. The number of amides is 1. The number of pyridine rings is 1. The maximum atomic E-state index is 13.2. The van der Waals surface area contributed by atoms with Gasteiger partial charge in [-0.2, -0.15) is 15.2 Å². The van der Waals surface area contributed by atoms with Gasteiger partial charge in [0.2, 0.25) is 5.95 Å². The molecule has 0 saturated carbocycles. The monoisotopic (exact) mass is 462 g/mol. The number of hydrogen-bond acceptors (Lipinski definition) is 8. The van der Waals surface area contributed by atoms with Gasteiger partial charge in [0.1, 0.15) is 5.82 Å². The van der Waals surface area contributed by atoms with Crippen molar-refractivity contribution < 1.29 is 9.18 Å². The highest BCUT2D eigenvalue weighted by atomic mass is 19.1. The molecular formula is C22H23FN10O. The number of aryl methyl sites for hydroxylation is 2. The van der Waals surface area contributed by atoms with Gasteiger partial charge in [-0.3, -0.25) is 9.89 Å². The van der Waals surface area contributed by atoms with E-state index in [-0.39, 0.29) is 5.91 Å². The molecule has 34 heavy (non-hydrogen) atoms. The molecule has 1 fully saturated rings. The first kappa shape index (κ1) is 21.5. The van der Waals surface area contributed by atoms with E-state index in [1.54, 1.807) is 17.0 Å². The van der Waals surface area contributed by atoms with E-state index in [0.717, 1.165) is 17.6 Å². The molecule has 0 aromatic carbocycles. The lowest BCUT2D eigenvalue weighted by Crippen LogP contribution is -2.49. The van der Waals surface area contributed by atoms with Crippen LogP contribution in [-0.2, 0) is 0 Å². The standard InChI is InChI=1S/C22H23FN10O/c1-14-9-18(27-19-10-15(2)29-30-19)28-22(26-14)32-7-5-31(6-8-32)21(34)16-3-4-20(24-11-16)33-13-17(23)12-25-33/h3-4,9-13H,5-8H2,1-2H3,(H2,26,27,28,29,30). The third-order valence-corrected chi connectivity index (χ3v) is 5.43. The van der Waals surface area contributed by atoms with Crippen LogP contribution < -0.4 is 10.2 Å². The van der Waals surface area contributed by atoms with E-state index in [2.05, 4.69) is 40.5 Å². The SMILES string of the molecule is Cc1cc(Nc2cc(C)[nH]n2)nc(N2CCN(C(=O)c3ccc(-n4cc(F)cn4)nc3)CC2)n1. The van der Waals surface area contributed by atoms with Crippen molar-refractivity contribution in [2.45, 2.75) is 13.8 Å². The van der Waals surface area contributed by atoms with E-state index in [0.29, 0.717) is 55.1 Å². The summed E-state index contributed by atoms with van der Waals surface area (Å²) in [4.78, 5) is 30.2. The highest BCUT2D eigenvalue weighted by Gasteiger charge is 2.24. The second-order valence-corrected chi connectivity index (χ2v) is 8.04. The molecule has 11 nitrogen and oxygen atoms in total. The van der Waals surface area contributed by atoms with Crippen LogP contribution in [0.2, 0.25) is 0 Å². The Kier molecular flexibility index (Phi) is 5.62. The number of aromatic nitrogens is 7. The van der Waals surface area contributed by atoms with E-state index in [4.69, 9.17) is 0 Å². The van der Waals surface area contributed by atoms with E-state index < -0.39 is 5.82 Å². The molecule has 1 aliphatic heterocycles. The Balaban J connectivity index is 1.22. The minimum Gasteiger partial charge on any atom is -0.337 e. The van der Waals surface area contributed by atoms with Gasteiger partial charge < -0.3 is 15.1 Å². The Morgan fingerprint density at radius 2 is 1.88 bits per heavy atom. The lowest BCUT2D eigenvalue weighted by Gasteiger charge is -2.35. The van der Waals surface area contributed by atoms with Gasteiger partial charge in [-0.05, 0) is 26.0 Å². The number of hydrogen-bond donors (Lipinski definition) is 2. The lowest BCUT2D eigenvalue weighted by molar-refractivity contribution is 0.0746. The van der Waals surface area contributed by atoms with Crippen molar-refractivity contribution in [2.24, 2.45) is 0 Å². The number of halogens is 1. The number of carbonyl (C=O) groups is 1. The van der Waals surface area contributed by atoms with Crippen LogP contribution in [0, 0.1) is 19.7 Å². The van der Waals surface area contributed by atoms with Crippen LogP contribution in [0.4, 0.5) is 22.0 Å². The summed E-state index contributed by atoms with van der Waals surface area (Å²) in [5.41, 5.74) is 2.26. The maximum Gasteiger partial charge on any atom is 0.255 e. The van der Waals surface area contributed by atoms with Crippen molar-refractivity contribution in [3.63, 3.8) is 0 Å². The van der Waals surface area contributed by atoms with Crippen molar-refractivity contribution in [1.29, 1.82) is 0 Å². The van der Waals surface area contributed by atoms with Gasteiger partial charge in [0.05, 0.1) is 18.0 Å². The Hall–Kier alpha value is -4.35. The molecule has 12 heteroatoms. The van der Waals surface area contributed by atoms with Gasteiger partial charge in [0, 0.05) is 55.9 Å². The molecule has 1 amide bonds. The summed E-state index contributed by atoms with van der Waals surface area (Å²) < 4.78 is 14.5. The van der Waals surface area contributed by atoms with Gasteiger partial charge in [-0.1, -0.05) is 0 Å². The Morgan fingerprint density at radius 1 is 1.06 bits per heavy atom. The quantitative estimate of drug-likeness (QED) is 0.463. The number of H-pyrrole nitrogens is 1. The van der Waals surface area contributed by atoms with Crippen molar-refractivity contribution >= 4 is 23.5 Å². The number of anilines is 3. The molecule has 0 unspecified atom stereocenters. The zero-order valence-corrected chi connectivity index (χ0v) is 18.7. The van der Waals surface area contributed by atoms with Crippen LogP contribution >= 0.6 is 0 Å². The van der Waals surface area contributed by atoms with Crippen LogP contribution in [-0.4, -0.2) is 71.9 Å². The molecule has 174 valence electrons. The highest BCUT2D eigenvalue weighted by Crippen LogP contribution is 2.19. The first-order valence-corrected chi connectivity index (χ1v) is 10.8. The van der Waals surface area contributed by atoms with Crippen molar-refractivity contribution in [2.75, 3.05) is 36.4 Å². The lowest BCUT2D eigenvalue weighted by atomic mass is 10.2. The van der Waals surface area contributed by atoms with Crippen molar-refractivity contribution in [1.82, 2.24) is 39.8 Å². The first-order valence-electron chi connectivity index (χ1n) is 10.8. The molecule has 2 N–H and O–H groups in total. The number of nitrogens with zero attached hydrogens (tertiary/aromatic N) is 8. The molecule has 1 aliphatic rings.